The van der Waals surface area contributed by atoms with E-state index in [0.717, 1.165) is 62.6 Å². The first kappa shape index (κ1) is 27.1. The zero-order valence-corrected chi connectivity index (χ0v) is 22.3. The first-order valence-electron chi connectivity index (χ1n) is 11.6. The molecule has 180 valence electrons. The van der Waals surface area contributed by atoms with Gasteiger partial charge in [-0.1, -0.05) is 42.5 Å². The monoisotopic (exact) mass is 564 g/mol. The number of carbonyl (C=O) groups is 1. The average molecular weight is 565 g/mol. The first-order valence-corrected chi connectivity index (χ1v) is 11.6. The Bertz CT molecular complexity index is 889. The number of ether oxygens (including phenoxy) is 1. The minimum Gasteiger partial charge on any atom is -0.373 e. The lowest BCUT2D eigenvalue weighted by Gasteiger charge is -2.31. The number of rotatable bonds is 8. The highest BCUT2D eigenvalue weighted by Gasteiger charge is 2.27. The molecule has 1 aliphatic heterocycles. The van der Waals surface area contributed by atoms with Gasteiger partial charge in [0.05, 0.1) is 6.10 Å². The summed E-state index contributed by atoms with van der Waals surface area (Å²) in [7, 11) is 3.55. The summed E-state index contributed by atoms with van der Waals surface area (Å²) in [6.07, 6.45) is 3.12. The van der Waals surface area contributed by atoms with Crippen LogP contribution in [0.3, 0.4) is 0 Å². The van der Waals surface area contributed by atoms with Crippen molar-refractivity contribution in [2.24, 2.45) is 10.9 Å². The highest BCUT2D eigenvalue weighted by Crippen LogP contribution is 2.33. The molecule has 1 aliphatic rings. The Morgan fingerprint density at radius 2 is 1.91 bits per heavy atom. The molecule has 7 heteroatoms. The van der Waals surface area contributed by atoms with Crippen molar-refractivity contribution in [1.82, 2.24) is 15.5 Å². The molecule has 1 fully saturated rings. The van der Waals surface area contributed by atoms with Gasteiger partial charge in [-0.15, -0.1) is 24.0 Å². The molecule has 6 nitrogen and oxygen atoms in total. The van der Waals surface area contributed by atoms with Crippen LogP contribution in [0.5, 0.6) is 0 Å². The summed E-state index contributed by atoms with van der Waals surface area (Å²) in [5.74, 6) is 1.22. The lowest BCUT2D eigenvalue weighted by Crippen LogP contribution is -2.39. The third-order valence-corrected chi connectivity index (χ3v) is 5.69. The maximum absolute atomic E-state index is 12.2. The zero-order valence-electron chi connectivity index (χ0n) is 19.9. The van der Waals surface area contributed by atoms with E-state index in [1.165, 1.54) is 5.56 Å². The van der Waals surface area contributed by atoms with Crippen LogP contribution >= 0.6 is 24.0 Å². The highest BCUT2D eigenvalue weighted by atomic mass is 127. The second-order valence-electron chi connectivity index (χ2n) is 8.40. The average Bonchev–Trinajstić information content (AvgIpc) is 2.83. The van der Waals surface area contributed by atoms with E-state index in [2.05, 4.69) is 47.9 Å². The fourth-order valence-corrected chi connectivity index (χ4v) is 4.04. The van der Waals surface area contributed by atoms with Crippen molar-refractivity contribution in [2.45, 2.75) is 32.3 Å². The molecule has 2 aromatic carbocycles. The fraction of sp³-hybridized carbons (Fsp3) is 0.462. The number of carbonyl (C=O) groups excluding carboxylic acids is 1. The number of amides is 1. The largest absolute Gasteiger partial charge is 0.373 e. The number of nitrogens with one attached hydrogen (secondary N) is 2. The van der Waals surface area contributed by atoms with Crippen LogP contribution in [0.2, 0.25) is 0 Å². The van der Waals surface area contributed by atoms with Crippen molar-refractivity contribution in [3.8, 4) is 0 Å². The Balaban J connectivity index is 0.00000385. The molecule has 0 bridgehead atoms. The van der Waals surface area contributed by atoms with E-state index in [1.807, 2.05) is 24.3 Å². The fourth-order valence-electron chi connectivity index (χ4n) is 4.04. The number of halogens is 1. The number of benzene rings is 2. The van der Waals surface area contributed by atoms with Crippen molar-refractivity contribution in [2.75, 3.05) is 40.3 Å². The van der Waals surface area contributed by atoms with Crippen molar-refractivity contribution in [3.63, 3.8) is 0 Å². The smallest absolute Gasteiger partial charge is 0.253 e. The topological polar surface area (TPSA) is 66.0 Å². The lowest BCUT2D eigenvalue weighted by molar-refractivity contribution is -0.0250. The van der Waals surface area contributed by atoms with E-state index in [1.54, 1.807) is 19.0 Å². The Labute approximate surface area is 215 Å². The molecule has 0 radical (unpaired) electrons. The molecule has 2 N–H and O–H groups in total. The van der Waals surface area contributed by atoms with Gasteiger partial charge in [-0.3, -0.25) is 9.79 Å². The van der Waals surface area contributed by atoms with Crippen molar-refractivity contribution >= 4 is 35.8 Å². The second kappa shape index (κ2) is 14.2. The predicted octanol–water partition coefficient (Wildman–Crippen LogP) is 4.27. The third-order valence-electron chi connectivity index (χ3n) is 5.69. The van der Waals surface area contributed by atoms with Gasteiger partial charge in [-0.2, -0.15) is 0 Å². The molecule has 0 aliphatic carbocycles. The standard InChI is InChI=1S/C26H36N4O2.HI/c1-4-27-26(28-16-15-20-10-8-13-22(18-20)25(31)30(2)3)29-19-23-14-9-17-32-24(23)21-11-6-5-7-12-21;/h5-8,10-13,18,23-24H,4,9,14-17,19H2,1-3H3,(H2,27,28,29);1H. The summed E-state index contributed by atoms with van der Waals surface area (Å²) in [6, 6.07) is 18.3. The number of aliphatic imine (C=N–C) groups is 1. The van der Waals surface area contributed by atoms with Crippen molar-refractivity contribution < 1.29 is 9.53 Å². The summed E-state index contributed by atoms with van der Waals surface area (Å²) >= 11 is 0. The van der Waals surface area contributed by atoms with E-state index >= 15 is 0 Å². The van der Waals surface area contributed by atoms with Gasteiger partial charge in [0.15, 0.2) is 5.96 Å². The van der Waals surface area contributed by atoms with Gasteiger partial charge in [-0.25, -0.2) is 0 Å². The van der Waals surface area contributed by atoms with Gasteiger partial charge in [-0.05, 0) is 49.4 Å². The molecular weight excluding hydrogens is 527 g/mol. The highest BCUT2D eigenvalue weighted by molar-refractivity contribution is 14.0. The maximum atomic E-state index is 12.2. The van der Waals surface area contributed by atoms with E-state index in [0.29, 0.717) is 5.92 Å². The Kier molecular flexibility index (Phi) is 11.7. The minimum atomic E-state index is 0. The van der Waals surface area contributed by atoms with Crippen molar-refractivity contribution in [3.05, 3.63) is 71.3 Å². The van der Waals surface area contributed by atoms with E-state index in [-0.39, 0.29) is 36.0 Å². The van der Waals surface area contributed by atoms with E-state index in [4.69, 9.17) is 9.73 Å². The normalized spacial score (nSPS) is 18.2. The molecule has 33 heavy (non-hydrogen) atoms. The molecule has 2 atom stereocenters. The van der Waals surface area contributed by atoms with Crippen LogP contribution < -0.4 is 10.6 Å². The first-order chi connectivity index (χ1) is 15.6. The molecule has 0 aromatic heterocycles. The third kappa shape index (κ3) is 8.30. The molecule has 1 amide bonds. The number of nitrogens with zero attached hydrogens (tertiary/aromatic N) is 2. The molecular formula is C26H37IN4O2. The Hall–Kier alpha value is -2.13. The van der Waals surface area contributed by atoms with E-state index < -0.39 is 0 Å². The molecule has 2 aromatic rings. The molecule has 0 saturated carbocycles. The minimum absolute atomic E-state index is 0. The molecule has 0 spiro atoms. The van der Waals surface area contributed by atoms with E-state index in [9.17, 15) is 4.79 Å². The summed E-state index contributed by atoms with van der Waals surface area (Å²) in [5, 5.41) is 6.78. The summed E-state index contributed by atoms with van der Waals surface area (Å²) in [6.45, 7) is 5.16. The second-order valence-corrected chi connectivity index (χ2v) is 8.40. The molecule has 1 heterocycles. The van der Waals surface area contributed by atoms with Crippen LogP contribution in [0.4, 0.5) is 0 Å². The van der Waals surface area contributed by atoms with Crippen LogP contribution in [0.25, 0.3) is 0 Å². The van der Waals surface area contributed by atoms with Crippen LogP contribution in [0.1, 0.15) is 47.4 Å². The lowest BCUT2D eigenvalue weighted by atomic mass is 9.89. The molecule has 3 rings (SSSR count). The van der Waals surface area contributed by atoms with Gasteiger partial charge in [0, 0.05) is 51.8 Å². The van der Waals surface area contributed by atoms with Crippen LogP contribution in [-0.2, 0) is 11.2 Å². The van der Waals surface area contributed by atoms with Gasteiger partial charge < -0.3 is 20.3 Å². The zero-order chi connectivity index (χ0) is 22.8. The van der Waals surface area contributed by atoms with Gasteiger partial charge in [0.25, 0.3) is 5.91 Å². The molecule has 1 saturated heterocycles. The van der Waals surface area contributed by atoms with Gasteiger partial charge in [0.2, 0.25) is 0 Å². The van der Waals surface area contributed by atoms with Crippen LogP contribution in [0.15, 0.2) is 59.6 Å². The van der Waals surface area contributed by atoms with Crippen LogP contribution in [-0.4, -0.2) is 57.1 Å². The molecule has 2 unspecified atom stereocenters. The number of hydrogen-bond donors (Lipinski definition) is 2. The van der Waals surface area contributed by atoms with Gasteiger partial charge >= 0.3 is 0 Å². The van der Waals surface area contributed by atoms with Gasteiger partial charge in [0.1, 0.15) is 0 Å². The predicted molar refractivity (Wildman–Crippen MR) is 145 cm³/mol. The van der Waals surface area contributed by atoms with Crippen LogP contribution in [0, 0.1) is 5.92 Å². The summed E-state index contributed by atoms with van der Waals surface area (Å²) in [4.78, 5) is 18.7. The maximum Gasteiger partial charge on any atom is 0.253 e. The SMILES string of the molecule is CCNC(=NCC1CCCOC1c1ccccc1)NCCc1cccc(C(=O)N(C)C)c1.I. The quantitative estimate of drug-likeness (QED) is 0.286. The van der Waals surface area contributed by atoms with Crippen molar-refractivity contribution in [1.29, 1.82) is 0 Å². The Morgan fingerprint density at radius 3 is 2.64 bits per heavy atom. The summed E-state index contributed by atoms with van der Waals surface area (Å²) < 4.78 is 6.11. The number of guanidine groups is 1. The summed E-state index contributed by atoms with van der Waals surface area (Å²) in [5.41, 5.74) is 3.08. The Morgan fingerprint density at radius 1 is 1.12 bits per heavy atom. The number of hydrogen-bond acceptors (Lipinski definition) is 3.